The van der Waals surface area contributed by atoms with Crippen LogP contribution in [-0.2, 0) is 10.0 Å². The third kappa shape index (κ3) is 3.10. The minimum Gasteiger partial charge on any atom is -0.496 e. The number of ether oxygens (including phenoxy) is 1. The van der Waals surface area contributed by atoms with Gasteiger partial charge in [0.2, 0.25) is 10.0 Å². The van der Waals surface area contributed by atoms with Gasteiger partial charge in [-0.25, -0.2) is 13.0 Å². The number of rotatable bonds is 4. The van der Waals surface area contributed by atoms with Crippen LogP contribution in [-0.4, -0.2) is 67.1 Å². The van der Waals surface area contributed by atoms with Crippen molar-refractivity contribution in [2.75, 3.05) is 33.3 Å². The Morgan fingerprint density at radius 1 is 1.04 bits per heavy atom. The lowest BCUT2D eigenvalue weighted by Gasteiger charge is -2.34. The van der Waals surface area contributed by atoms with Crippen molar-refractivity contribution in [3.63, 3.8) is 0 Å². The van der Waals surface area contributed by atoms with Crippen molar-refractivity contribution in [1.82, 2.24) is 19.5 Å². The molecule has 1 aromatic heterocycles. The Labute approximate surface area is 161 Å². The molecule has 10 heteroatoms. The third-order valence-electron chi connectivity index (χ3n) is 4.73. The average Bonchev–Trinajstić information content (AvgIpc) is 3.22. The van der Waals surface area contributed by atoms with Gasteiger partial charge in [0.15, 0.2) is 5.52 Å². The van der Waals surface area contributed by atoms with Gasteiger partial charge in [0.25, 0.3) is 5.91 Å². The van der Waals surface area contributed by atoms with Crippen LogP contribution in [0.1, 0.15) is 10.4 Å². The molecular formula is C18H18N4O5S. The number of benzene rings is 2. The predicted molar refractivity (Wildman–Crippen MR) is 99.5 cm³/mol. The van der Waals surface area contributed by atoms with E-state index in [9.17, 15) is 13.2 Å². The molecule has 3 aromatic rings. The van der Waals surface area contributed by atoms with E-state index >= 15 is 0 Å². The van der Waals surface area contributed by atoms with Gasteiger partial charge < -0.3 is 9.64 Å². The maximum absolute atomic E-state index is 13.0. The van der Waals surface area contributed by atoms with Crippen LogP contribution in [0.5, 0.6) is 5.75 Å². The van der Waals surface area contributed by atoms with Crippen LogP contribution in [0.4, 0.5) is 0 Å². The van der Waals surface area contributed by atoms with Crippen molar-refractivity contribution in [3.8, 4) is 5.75 Å². The topological polar surface area (TPSA) is 106 Å². The highest BCUT2D eigenvalue weighted by molar-refractivity contribution is 7.89. The van der Waals surface area contributed by atoms with Crippen LogP contribution in [0.3, 0.4) is 0 Å². The lowest BCUT2D eigenvalue weighted by Crippen LogP contribution is -2.50. The number of hydrogen-bond acceptors (Lipinski definition) is 7. The quantitative estimate of drug-likeness (QED) is 0.649. The standard InChI is InChI=1S/C18H18N4O5S/c1-26-15-7-3-2-5-13(15)18(23)21-9-11-22(12-10-21)28(24,25)16-8-4-6-14-17(16)20-27-19-14/h2-8H,9-12H2,1H3. The maximum atomic E-state index is 13.0. The minimum absolute atomic E-state index is 0.0516. The lowest BCUT2D eigenvalue weighted by atomic mass is 10.1. The molecule has 0 spiro atoms. The highest BCUT2D eigenvalue weighted by atomic mass is 32.2. The molecule has 1 aliphatic heterocycles. The zero-order valence-corrected chi connectivity index (χ0v) is 15.9. The summed E-state index contributed by atoms with van der Waals surface area (Å²) < 4.78 is 37.3. The molecule has 1 saturated heterocycles. The second-order valence-corrected chi connectivity index (χ2v) is 8.19. The van der Waals surface area contributed by atoms with Gasteiger partial charge in [-0.05, 0) is 34.6 Å². The fourth-order valence-corrected chi connectivity index (χ4v) is 4.81. The Morgan fingerprint density at radius 3 is 2.54 bits per heavy atom. The molecule has 1 aliphatic rings. The molecule has 0 saturated carbocycles. The zero-order valence-electron chi connectivity index (χ0n) is 15.1. The fourth-order valence-electron chi connectivity index (χ4n) is 3.25. The Morgan fingerprint density at radius 2 is 1.79 bits per heavy atom. The first-order chi connectivity index (χ1) is 13.5. The van der Waals surface area contributed by atoms with Crippen molar-refractivity contribution in [1.29, 1.82) is 0 Å². The summed E-state index contributed by atoms with van der Waals surface area (Å²) in [5.41, 5.74) is 1.04. The van der Waals surface area contributed by atoms with Crippen LogP contribution < -0.4 is 4.74 Å². The van der Waals surface area contributed by atoms with Crippen LogP contribution in [0, 0.1) is 0 Å². The Kier molecular flexibility index (Phi) is 4.73. The van der Waals surface area contributed by atoms with Gasteiger partial charge in [0, 0.05) is 26.2 Å². The Balaban J connectivity index is 1.52. The molecule has 0 bridgehead atoms. The summed E-state index contributed by atoms with van der Waals surface area (Å²) >= 11 is 0. The van der Waals surface area contributed by atoms with E-state index < -0.39 is 10.0 Å². The van der Waals surface area contributed by atoms with E-state index in [-0.39, 0.29) is 42.5 Å². The Bertz CT molecular complexity index is 1120. The molecule has 0 radical (unpaired) electrons. The van der Waals surface area contributed by atoms with E-state index in [4.69, 9.17) is 4.74 Å². The molecule has 146 valence electrons. The maximum Gasteiger partial charge on any atom is 0.257 e. The molecule has 2 aromatic carbocycles. The number of sulfonamides is 1. The number of para-hydroxylation sites is 1. The Hall–Kier alpha value is -2.98. The van der Waals surface area contributed by atoms with Crippen LogP contribution in [0.25, 0.3) is 11.0 Å². The molecular weight excluding hydrogens is 384 g/mol. The number of fused-ring (bicyclic) bond motifs is 1. The van der Waals surface area contributed by atoms with Gasteiger partial charge in [0.05, 0.1) is 12.7 Å². The van der Waals surface area contributed by atoms with Gasteiger partial charge >= 0.3 is 0 Å². The third-order valence-corrected chi connectivity index (χ3v) is 6.66. The van der Waals surface area contributed by atoms with E-state index in [2.05, 4.69) is 14.9 Å². The number of aromatic nitrogens is 2. The minimum atomic E-state index is -3.78. The van der Waals surface area contributed by atoms with E-state index in [1.165, 1.54) is 17.5 Å². The van der Waals surface area contributed by atoms with Crippen molar-refractivity contribution in [2.24, 2.45) is 0 Å². The average molecular weight is 402 g/mol. The summed E-state index contributed by atoms with van der Waals surface area (Å²) in [4.78, 5) is 14.5. The monoisotopic (exact) mass is 402 g/mol. The second-order valence-electron chi connectivity index (χ2n) is 6.28. The summed E-state index contributed by atoms with van der Waals surface area (Å²) in [6.07, 6.45) is 0. The summed E-state index contributed by atoms with van der Waals surface area (Å²) in [5, 5.41) is 7.40. The largest absolute Gasteiger partial charge is 0.496 e. The van der Waals surface area contributed by atoms with E-state index in [1.807, 2.05) is 0 Å². The molecule has 1 fully saturated rings. The first-order valence-corrected chi connectivity index (χ1v) is 10.1. The summed E-state index contributed by atoms with van der Waals surface area (Å²) in [5.74, 6) is 0.310. The number of piperazine rings is 1. The van der Waals surface area contributed by atoms with Crippen LogP contribution >= 0.6 is 0 Å². The first-order valence-electron chi connectivity index (χ1n) is 8.66. The molecule has 28 heavy (non-hydrogen) atoms. The van der Waals surface area contributed by atoms with Gasteiger partial charge in [0.1, 0.15) is 16.2 Å². The highest BCUT2D eigenvalue weighted by Gasteiger charge is 2.32. The van der Waals surface area contributed by atoms with Crippen LogP contribution in [0.15, 0.2) is 52.0 Å². The number of carbonyl (C=O) groups excluding carboxylic acids is 1. The van der Waals surface area contributed by atoms with Gasteiger partial charge in [-0.3, -0.25) is 4.79 Å². The molecule has 9 nitrogen and oxygen atoms in total. The SMILES string of the molecule is COc1ccccc1C(=O)N1CCN(S(=O)(=O)c2cccc3nonc23)CC1. The first kappa shape index (κ1) is 18.4. The molecule has 2 heterocycles. The molecule has 1 amide bonds. The van der Waals surface area contributed by atoms with E-state index in [0.29, 0.717) is 16.8 Å². The number of amides is 1. The fraction of sp³-hybridized carbons (Fsp3) is 0.278. The van der Waals surface area contributed by atoms with Gasteiger partial charge in [-0.2, -0.15) is 4.31 Å². The van der Waals surface area contributed by atoms with Gasteiger partial charge in [-0.15, -0.1) is 0 Å². The molecule has 0 unspecified atom stereocenters. The smallest absolute Gasteiger partial charge is 0.257 e. The summed E-state index contributed by atoms with van der Waals surface area (Å²) in [6, 6.07) is 11.7. The van der Waals surface area contributed by atoms with Crippen molar-refractivity contribution < 1.29 is 22.6 Å². The number of nitrogens with zero attached hydrogens (tertiary/aromatic N) is 4. The molecule has 0 atom stereocenters. The molecule has 4 rings (SSSR count). The molecule has 0 N–H and O–H groups in total. The number of hydrogen-bond donors (Lipinski definition) is 0. The van der Waals surface area contributed by atoms with E-state index in [0.717, 1.165) is 0 Å². The van der Waals surface area contributed by atoms with Crippen molar-refractivity contribution in [2.45, 2.75) is 4.90 Å². The lowest BCUT2D eigenvalue weighted by molar-refractivity contribution is 0.0694. The zero-order chi connectivity index (χ0) is 19.7. The van der Waals surface area contributed by atoms with Crippen molar-refractivity contribution in [3.05, 3.63) is 48.0 Å². The predicted octanol–water partition coefficient (Wildman–Crippen LogP) is 1.38. The number of carbonyl (C=O) groups is 1. The van der Waals surface area contributed by atoms with Gasteiger partial charge in [-0.1, -0.05) is 18.2 Å². The normalized spacial score (nSPS) is 15.7. The van der Waals surface area contributed by atoms with Crippen molar-refractivity contribution >= 4 is 27.0 Å². The number of methoxy groups -OCH3 is 1. The summed E-state index contributed by atoms with van der Waals surface area (Å²) in [7, 11) is -2.27. The second kappa shape index (κ2) is 7.21. The van der Waals surface area contributed by atoms with E-state index in [1.54, 1.807) is 41.3 Å². The summed E-state index contributed by atoms with van der Waals surface area (Å²) in [6.45, 7) is 0.933. The highest BCUT2D eigenvalue weighted by Crippen LogP contribution is 2.25. The van der Waals surface area contributed by atoms with Crippen LogP contribution in [0.2, 0.25) is 0 Å². The molecule has 0 aliphatic carbocycles.